The number of carbonyl (C=O) groups excluding carboxylic acids is 2. The monoisotopic (exact) mass is 544 g/mol. The summed E-state index contributed by atoms with van der Waals surface area (Å²) in [5.74, 6) is -0.659. The summed E-state index contributed by atoms with van der Waals surface area (Å²) in [5.41, 5.74) is 3.86. The zero-order valence-electron chi connectivity index (χ0n) is 18.4. The van der Waals surface area contributed by atoms with Gasteiger partial charge in [0.05, 0.1) is 11.3 Å². The normalized spacial score (nSPS) is 10.2. The SMILES string of the molecule is O=C(NC(=S)Nc1ccccc1C(=O)Nc1ccc(Nc2ccccc2)cc1)c1cccc(Br)c1. The molecule has 0 fully saturated rings. The van der Waals surface area contributed by atoms with E-state index in [-0.39, 0.29) is 16.9 Å². The van der Waals surface area contributed by atoms with Crippen molar-refractivity contribution in [1.82, 2.24) is 5.32 Å². The lowest BCUT2D eigenvalue weighted by Crippen LogP contribution is -2.34. The Bertz CT molecular complexity index is 1360. The lowest BCUT2D eigenvalue weighted by atomic mass is 10.1. The second-order valence-electron chi connectivity index (χ2n) is 7.49. The van der Waals surface area contributed by atoms with Crippen LogP contribution in [0, 0.1) is 0 Å². The number of anilines is 4. The van der Waals surface area contributed by atoms with Gasteiger partial charge in [-0.3, -0.25) is 14.9 Å². The number of amides is 2. The highest BCUT2D eigenvalue weighted by Crippen LogP contribution is 2.21. The summed E-state index contributed by atoms with van der Waals surface area (Å²) in [7, 11) is 0. The number of halogens is 1. The van der Waals surface area contributed by atoms with Gasteiger partial charge in [0, 0.05) is 27.1 Å². The van der Waals surface area contributed by atoms with Crippen molar-refractivity contribution in [2.24, 2.45) is 0 Å². The van der Waals surface area contributed by atoms with E-state index in [9.17, 15) is 9.59 Å². The van der Waals surface area contributed by atoms with Crippen LogP contribution in [0.25, 0.3) is 0 Å². The molecule has 4 aromatic rings. The summed E-state index contributed by atoms with van der Waals surface area (Å²) in [5, 5.41) is 11.9. The molecular weight excluding hydrogens is 524 g/mol. The Balaban J connectivity index is 1.39. The van der Waals surface area contributed by atoms with Crippen LogP contribution in [0.2, 0.25) is 0 Å². The first-order valence-corrected chi connectivity index (χ1v) is 11.9. The molecule has 0 bridgehead atoms. The topological polar surface area (TPSA) is 82.3 Å². The first-order chi connectivity index (χ1) is 17.0. The van der Waals surface area contributed by atoms with E-state index in [1.165, 1.54) is 0 Å². The number of rotatable bonds is 6. The number of carbonyl (C=O) groups is 2. The molecule has 0 saturated heterocycles. The maximum absolute atomic E-state index is 13.0. The smallest absolute Gasteiger partial charge is 0.257 e. The van der Waals surface area contributed by atoms with Crippen LogP contribution >= 0.6 is 28.1 Å². The third-order valence-electron chi connectivity index (χ3n) is 4.94. The molecule has 8 heteroatoms. The Kier molecular flexibility index (Phi) is 7.87. The van der Waals surface area contributed by atoms with Crippen molar-refractivity contribution < 1.29 is 9.59 Å². The van der Waals surface area contributed by atoms with Gasteiger partial charge in [0.25, 0.3) is 11.8 Å². The molecule has 0 radical (unpaired) electrons. The van der Waals surface area contributed by atoms with E-state index in [0.29, 0.717) is 22.5 Å². The van der Waals surface area contributed by atoms with Gasteiger partial charge in [-0.25, -0.2) is 0 Å². The van der Waals surface area contributed by atoms with Crippen LogP contribution in [0.4, 0.5) is 22.7 Å². The van der Waals surface area contributed by atoms with Gasteiger partial charge >= 0.3 is 0 Å². The number of hydrogen-bond donors (Lipinski definition) is 4. The molecule has 0 heterocycles. The molecule has 6 nitrogen and oxygen atoms in total. The lowest BCUT2D eigenvalue weighted by Gasteiger charge is -2.14. The number of nitrogens with one attached hydrogen (secondary N) is 4. The van der Waals surface area contributed by atoms with Crippen molar-refractivity contribution in [1.29, 1.82) is 0 Å². The molecule has 0 aromatic heterocycles. The molecule has 4 aromatic carbocycles. The molecule has 0 atom stereocenters. The van der Waals surface area contributed by atoms with Gasteiger partial charge in [0.2, 0.25) is 0 Å². The predicted molar refractivity (Wildman–Crippen MR) is 148 cm³/mol. The minimum atomic E-state index is -0.352. The molecule has 4 rings (SSSR count). The summed E-state index contributed by atoms with van der Waals surface area (Å²) in [6.07, 6.45) is 0. The Morgan fingerprint density at radius 1 is 0.657 bits per heavy atom. The third kappa shape index (κ3) is 6.75. The fourth-order valence-corrected chi connectivity index (χ4v) is 3.87. The fourth-order valence-electron chi connectivity index (χ4n) is 3.27. The van der Waals surface area contributed by atoms with Crippen molar-refractivity contribution >= 4 is 67.8 Å². The molecule has 0 unspecified atom stereocenters. The largest absolute Gasteiger partial charge is 0.356 e. The molecule has 0 aliphatic carbocycles. The van der Waals surface area contributed by atoms with Crippen molar-refractivity contribution in [3.05, 3.63) is 119 Å². The fraction of sp³-hybridized carbons (Fsp3) is 0. The highest BCUT2D eigenvalue weighted by Gasteiger charge is 2.14. The van der Waals surface area contributed by atoms with E-state index in [1.54, 1.807) is 42.5 Å². The van der Waals surface area contributed by atoms with Crippen molar-refractivity contribution in [3.63, 3.8) is 0 Å². The lowest BCUT2D eigenvalue weighted by molar-refractivity contribution is 0.0976. The molecule has 0 aliphatic rings. The van der Waals surface area contributed by atoms with Crippen molar-refractivity contribution in [2.75, 3.05) is 16.0 Å². The molecular formula is C27H21BrN4O2S. The van der Waals surface area contributed by atoms with Crippen molar-refractivity contribution in [3.8, 4) is 0 Å². The van der Waals surface area contributed by atoms with Gasteiger partial charge in [-0.15, -0.1) is 0 Å². The van der Waals surface area contributed by atoms with Crippen LogP contribution in [0.15, 0.2) is 108 Å². The standard InChI is InChI=1S/C27H21BrN4O2S/c28-19-8-6-7-18(17-19)25(33)32-27(35)31-24-12-5-4-11-23(24)26(34)30-22-15-13-21(14-16-22)29-20-9-2-1-3-10-20/h1-17,29H,(H,30,34)(H2,31,32,33,35). The second-order valence-corrected chi connectivity index (χ2v) is 8.81. The van der Waals surface area contributed by atoms with Gasteiger partial charge in [0.1, 0.15) is 0 Å². The van der Waals surface area contributed by atoms with E-state index in [1.807, 2.05) is 60.7 Å². The number of thiocarbonyl (C=S) groups is 1. The van der Waals surface area contributed by atoms with E-state index < -0.39 is 0 Å². The third-order valence-corrected chi connectivity index (χ3v) is 5.64. The molecule has 0 saturated carbocycles. The van der Waals surface area contributed by atoms with E-state index in [2.05, 4.69) is 37.2 Å². The first kappa shape index (κ1) is 24.1. The average Bonchev–Trinajstić information content (AvgIpc) is 2.86. The van der Waals surface area contributed by atoms with Crippen LogP contribution in [-0.4, -0.2) is 16.9 Å². The summed E-state index contributed by atoms with van der Waals surface area (Å²) in [6.45, 7) is 0. The molecule has 35 heavy (non-hydrogen) atoms. The quantitative estimate of drug-likeness (QED) is 0.206. The van der Waals surface area contributed by atoms with Crippen LogP contribution in [-0.2, 0) is 0 Å². The highest BCUT2D eigenvalue weighted by molar-refractivity contribution is 9.10. The molecule has 0 aliphatic heterocycles. The number of para-hydroxylation sites is 2. The average molecular weight is 545 g/mol. The minimum absolute atomic E-state index is 0.0894. The van der Waals surface area contributed by atoms with Gasteiger partial charge in [-0.1, -0.05) is 52.3 Å². The highest BCUT2D eigenvalue weighted by atomic mass is 79.9. The second kappa shape index (κ2) is 11.4. The maximum atomic E-state index is 13.0. The summed E-state index contributed by atoms with van der Waals surface area (Å²) >= 11 is 8.64. The summed E-state index contributed by atoms with van der Waals surface area (Å²) in [4.78, 5) is 25.4. The number of benzene rings is 4. The zero-order chi connectivity index (χ0) is 24.6. The van der Waals surface area contributed by atoms with E-state index >= 15 is 0 Å². The van der Waals surface area contributed by atoms with Crippen LogP contribution in [0.5, 0.6) is 0 Å². The zero-order valence-corrected chi connectivity index (χ0v) is 20.8. The maximum Gasteiger partial charge on any atom is 0.257 e. The van der Waals surface area contributed by atoms with Gasteiger partial charge in [0.15, 0.2) is 5.11 Å². The summed E-state index contributed by atoms with van der Waals surface area (Å²) in [6, 6.07) is 31.2. The van der Waals surface area contributed by atoms with Gasteiger partial charge in [-0.2, -0.15) is 0 Å². The Hall–Kier alpha value is -4.01. The first-order valence-electron chi connectivity index (χ1n) is 10.7. The van der Waals surface area contributed by atoms with E-state index in [4.69, 9.17) is 12.2 Å². The van der Waals surface area contributed by atoms with Gasteiger partial charge in [-0.05, 0) is 78.9 Å². The number of hydrogen-bond acceptors (Lipinski definition) is 4. The van der Waals surface area contributed by atoms with Crippen LogP contribution in [0.3, 0.4) is 0 Å². The molecule has 174 valence electrons. The Labute approximate surface area is 216 Å². The van der Waals surface area contributed by atoms with Crippen LogP contribution in [0.1, 0.15) is 20.7 Å². The molecule has 0 spiro atoms. The van der Waals surface area contributed by atoms with Crippen molar-refractivity contribution in [2.45, 2.75) is 0 Å². The van der Waals surface area contributed by atoms with Gasteiger partial charge < -0.3 is 16.0 Å². The Morgan fingerprint density at radius 3 is 2.06 bits per heavy atom. The Morgan fingerprint density at radius 2 is 1.31 bits per heavy atom. The summed E-state index contributed by atoms with van der Waals surface area (Å²) < 4.78 is 0.787. The molecule has 2 amide bonds. The predicted octanol–water partition coefficient (Wildman–Crippen LogP) is 6.57. The minimum Gasteiger partial charge on any atom is -0.356 e. The van der Waals surface area contributed by atoms with E-state index in [0.717, 1.165) is 15.8 Å². The van der Waals surface area contributed by atoms with Crippen LogP contribution < -0.4 is 21.3 Å². The molecule has 4 N–H and O–H groups in total.